The number of aromatic nitrogens is 5. The molecule has 0 aliphatic heterocycles. The number of methoxy groups -OCH3 is 1. The van der Waals surface area contributed by atoms with Crippen LogP contribution in [0.2, 0.25) is 25.7 Å². The van der Waals surface area contributed by atoms with Crippen molar-refractivity contribution in [3.05, 3.63) is 66.4 Å². The molecule has 4 rings (SSSR count). The second kappa shape index (κ2) is 10.8. The van der Waals surface area contributed by atoms with Crippen molar-refractivity contribution < 1.29 is 14.3 Å². The van der Waals surface area contributed by atoms with Gasteiger partial charge in [-0.05, 0) is 29.8 Å². The summed E-state index contributed by atoms with van der Waals surface area (Å²) < 4.78 is 14.5. The van der Waals surface area contributed by atoms with Crippen LogP contribution in [-0.4, -0.2) is 52.1 Å². The van der Waals surface area contributed by atoms with E-state index in [1.807, 2.05) is 29.1 Å². The second-order valence-electron chi connectivity index (χ2n) is 9.80. The molecular weight excluding hydrogens is 472 g/mol. The van der Waals surface area contributed by atoms with Gasteiger partial charge in [-0.1, -0.05) is 31.8 Å². The highest BCUT2D eigenvalue weighted by molar-refractivity contribution is 6.76. The van der Waals surface area contributed by atoms with Crippen molar-refractivity contribution in [2.75, 3.05) is 13.7 Å². The van der Waals surface area contributed by atoms with Crippen molar-refractivity contribution in [2.24, 2.45) is 0 Å². The molecule has 0 amide bonds. The van der Waals surface area contributed by atoms with Gasteiger partial charge >= 0.3 is 5.97 Å². The predicted octanol–water partition coefficient (Wildman–Crippen LogP) is 4.90. The first-order valence-corrected chi connectivity index (χ1v) is 15.5. The first kappa shape index (κ1) is 25.3. The summed E-state index contributed by atoms with van der Waals surface area (Å²) in [5, 5.41) is 14.9. The Labute approximate surface area is 211 Å². The number of benzene rings is 1. The molecule has 1 atom stereocenters. The topological polar surface area (TPSA) is 108 Å². The molecule has 36 heavy (non-hydrogen) atoms. The van der Waals surface area contributed by atoms with Crippen LogP contribution in [0.25, 0.3) is 22.3 Å². The average molecular weight is 503 g/mol. The Balaban J connectivity index is 1.60. The Morgan fingerprint density at radius 1 is 1.22 bits per heavy atom. The Morgan fingerprint density at radius 3 is 2.81 bits per heavy atom. The zero-order chi connectivity index (χ0) is 25.7. The number of rotatable bonds is 10. The lowest BCUT2D eigenvalue weighted by molar-refractivity contribution is 0.0600. The highest BCUT2D eigenvalue weighted by Crippen LogP contribution is 2.29. The summed E-state index contributed by atoms with van der Waals surface area (Å²) >= 11 is 0. The van der Waals surface area contributed by atoms with Gasteiger partial charge < -0.3 is 14.0 Å². The molecular formula is C26H30N6O3Si. The van der Waals surface area contributed by atoms with Crippen LogP contribution < -0.4 is 0 Å². The SMILES string of the molecule is COC(=O)c1cccc(C(CC#N)n2cc(-c3ncnc4c3ccn4COCC[Si](C)(C)C)cn2)c1. The number of carbonyl (C=O) groups excluding carboxylic acids is 1. The van der Waals surface area contributed by atoms with Gasteiger partial charge in [-0.3, -0.25) is 4.68 Å². The van der Waals surface area contributed by atoms with Crippen molar-refractivity contribution >= 4 is 25.1 Å². The van der Waals surface area contributed by atoms with Crippen LogP contribution in [0.5, 0.6) is 0 Å². The number of esters is 1. The summed E-state index contributed by atoms with van der Waals surface area (Å²) in [5.74, 6) is -0.425. The molecule has 1 aromatic carbocycles. The normalized spacial score (nSPS) is 12.4. The molecule has 1 unspecified atom stereocenters. The zero-order valence-electron chi connectivity index (χ0n) is 21.0. The molecule has 3 heterocycles. The van der Waals surface area contributed by atoms with E-state index in [9.17, 15) is 10.1 Å². The van der Waals surface area contributed by atoms with E-state index in [1.54, 1.807) is 35.4 Å². The average Bonchev–Trinajstić information content (AvgIpc) is 3.51. The van der Waals surface area contributed by atoms with Gasteiger partial charge in [0.1, 0.15) is 18.7 Å². The predicted molar refractivity (Wildman–Crippen MR) is 139 cm³/mol. The van der Waals surface area contributed by atoms with E-state index in [1.165, 1.54) is 7.11 Å². The van der Waals surface area contributed by atoms with Crippen molar-refractivity contribution in [2.45, 2.75) is 44.9 Å². The maximum absolute atomic E-state index is 12.0. The molecule has 0 N–H and O–H groups in total. The van der Waals surface area contributed by atoms with Crippen LogP contribution in [0.15, 0.2) is 55.2 Å². The van der Waals surface area contributed by atoms with E-state index < -0.39 is 14.0 Å². The van der Waals surface area contributed by atoms with Gasteiger partial charge in [-0.2, -0.15) is 10.4 Å². The van der Waals surface area contributed by atoms with E-state index in [4.69, 9.17) is 9.47 Å². The highest BCUT2D eigenvalue weighted by Gasteiger charge is 2.19. The van der Waals surface area contributed by atoms with E-state index in [-0.39, 0.29) is 12.5 Å². The van der Waals surface area contributed by atoms with Gasteiger partial charge in [0.05, 0.1) is 43.1 Å². The third kappa shape index (κ3) is 5.70. The number of hydrogen-bond acceptors (Lipinski definition) is 7. The summed E-state index contributed by atoms with van der Waals surface area (Å²) in [5.41, 5.74) is 3.58. The van der Waals surface area contributed by atoms with Gasteiger partial charge in [0.15, 0.2) is 0 Å². The third-order valence-electron chi connectivity index (χ3n) is 5.95. The summed E-state index contributed by atoms with van der Waals surface area (Å²) in [4.78, 5) is 21.0. The number of ether oxygens (including phenoxy) is 2. The summed E-state index contributed by atoms with van der Waals surface area (Å²) in [6.07, 6.45) is 7.29. The quantitative estimate of drug-likeness (QED) is 0.172. The molecule has 3 aromatic heterocycles. The van der Waals surface area contributed by atoms with Crippen molar-refractivity contribution in [3.63, 3.8) is 0 Å². The van der Waals surface area contributed by atoms with Crippen molar-refractivity contribution in [3.8, 4) is 17.3 Å². The van der Waals surface area contributed by atoms with Crippen LogP contribution in [-0.2, 0) is 16.2 Å². The Morgan fingerprint density at radius 2 is 2.06 bits per heavy atom. The summed E-state index contributed by atoms with van der Waals surface area (Å²) in [6, 6.07) is 12.0. The Bertz CT molecular complexity index is 1400. The number of carbonyl (C=O) groups is 1. The first-order valence-electron chi connectivity index (χ1n) is 11.8. The monoisotopic (exact) mass is 502 g/mol. The van der Waals surface area contributed by atoms with Crippen LogP contribution >= 0.6 is 0 Å². The minimum atomic E-state index is -1.15. The highest BCUT2D eigenvalue weighted by atomic mass is 28.3. The van der Waals surface area contributed by atoms with Crippen LogP contribution in [0.4, 0.5) is 0 Å². The lowest BCUT2D eigenvalue weighted by atomic mass is 10.0. The molecule has 0 saturated carbocycles. The van der Waals surface area contributed by atoms with Crippen LogP contribution in [0.3, 0.4) is 0 Å². The molecule has 4 aromatic rings. The number of hydrogen-bond donors (Lipinski definition) is 0. The maximum atomic E-state index is 12.0. The van der Waals surface area contributed by atoms with E-state index >= 15 is 0 Å². The molecule has 0 radical (unpaired) electrons. The minimum absolute atomic E-state index is 0.191. The standard InChI is InChI=1S/C26H30N6O3Si/c1-34-26(33)20-7-5-6-19(14-20)23(8-10-27)32-16-21(15-30-32)24-22-9-11-31(25(22)29-17-28-24)18-35-12-13-36(2,3)4/h5-7,9,11,14-17,23H,8,12-13,18H2,1-4H3. The smallest absolute Gasteiger partial charge is 0.337 e. The lowest BCUT2D eigenvalue weighted by Gasteiger charge is -2.16. The Kier molecular flexibility index (Phi) is 7.62. The molecule has 0 saturated heterocycles. The van der Waals surface area contributed by atoms with E-state index in [0.29, 0.717) is 12.3 Å². The minimum Gasteiger partial charge on any atom is -0.465 e. The van der Waals surface area contributed by atoms with Crippen LogP contribution in [0, 0.1) is 11.3 Å². The molecule has 186 valence electrons. The zero-order valence-corrected chi connectivity index (χ0v) is 22.0. The lowest BCUT2D eigenvalue weighted by Crippen LogP contribution is -2.22. The van der Waals surface area contributed by atoms with Gasteiger partial charge in [0.25, 0.3) is 0 Å². The number of fused-ring (bicyclic) bond motifs is 1. The van der Waals surface area contributed by atoms with Crippen molar-refractivity contribution in [1.29, 1.82) is 5.26 Å². The molecule has 0 aliphatic rings. The number of nitrogens with zero attached hydrogens (tertiary/aromatic N) is 6. The second-order valence-corrected chi connectivity index (χ2v) is 15.4. The van der Waals surface area contributed by atoms with Crippen LogP contribution in [0.1, 0.15) is 28.4 Å². The van der Waals surface area contributed by atoms with E-state index in [2.05, 4.69) is 40.8 Å². The fraction of sp³-hybridized carbons (Fsp3) is 0.346. The summed E-state index contributed by atoms with van der Waals surface area (Å²) in [6.45, 7) is 8.16. The molecule has 10 heteroatoms. The molecule has 0 aliphatic carbocycles. The van der Waals surface area contributed by atoms with Gasteiger partial charge in [-0.25, -0.2) is 14.8 Å². The summed E-state index contributed by atoms with van der Waals surface area (Å²) in [7, 11) is 0.197. The molecule has 0 spiro atoms. The molecule has 9 nitrogen and oxygen atoms in total. The van der Waals surface area contributed by atoms with E-state index in [0.717, 1.165) is 40.5 Å². The van der Waals surface area contributed by atoms with Crippen molar-refractivity contribution in [1.82, 2.24) is 24.3 Å². The fourth-order valence-electron chi connectivity index (χ4n) is 3.95. The van der Waals surface area contributed by atoms with Gasteiger partial charge in [-0.15, -0.1) is 0 Å². The third-order valence-corrected chi connectivity index (χ3v) is 7.66. The fourth-order valence-corrected chi connectivity index (χ4v) is 4.71. The maximum Gasteiger partial charge on any atom is 0.337 e. The molecule has 0 fully saturated rings. The largest absolute Gasteiger partial charge is 0.465 e. The first-order chi connectivity index (χ1) is 17.3. The molecule has 0 bridgehead atoms. The Hall–Kier alpha value is -3.81. The van der Waals surface area contributed by atoms with Gasteiger partial charge in [0, 0.05) is 38.0 Å². The number of nitriles is 1. The van der Waals surface area contributed by atoms with Gasteiger partial charge in [0.2, 0.25) is 0 Å².